The van der Waals surface area contributed by atoms with E-state index in [9.17, 15) is 0 Å². The number of likely N-dealkylation sites (N-methyl/N-ethyl adjacent to an activating group) is 1. The normalized spacial score (nSPS) is 23.7. The Balaban J connectivity index is 2.31. The monoisotopic (exact) mass is 282 g/mol. The van der Waals surface area contributed by atoms with E-state index < -0.39 is 0 Å². The molecule has 2 unspecified atom stereocenters. The summed E-state index contributed by atoms with van der Waals surface area (Å²) in [6.45, 7) is 8.59. The molecule has 5 heteroatoms. The third kappa shape index (κ3) is 2.84. The molecule has 0 aliphatic carbocycles. The van der Waals surface area contributed by atoms with Gasteiger partial charge in [-0.3, -0.25) is 0 Å². The molecule has 2 heterocycles. The number of anilines is 1. The van der Waals surface area contributed by atoms with Gasteiger partial charge in [0.1, 0.15) is 17.3 Å². The quantitative estimate of drug-likeness (QED) is 0.798. The Bertz CT molecular complexity index is 447. The van der Waals surface area contributed by atoms with Crippen LogP contribution in [-0.4, -0.2) is 48.1 Å². The molecule has 1 aliphatic heterocycles. The number of aromatic nitrogens is 2. The highest BCUT2D eigenvalue weighted by Gasteiger charge is 2.33. The van der Waals surface area contributed by atoms with E-state index in [0.717, 1.165) is 24.5 Å². The molecule has 0 aromatic carbocycles. The highest BCUT2D eigenvalue weighted by atomic mass is 35.5. The summed E-state index contributed by atoms with van der Waals surface area (Å²) in [6.07, 6.45) is 1.57. The molecule has 0 spiro atoms. The van der Waals surface area contributed by atoms with Gasteiger partial charge in [0.15, 0.2) is 0 Å². The molecule has 1 saturated heterocycles. The van der Waals surface area contributed by atoms with Crippen LogP contribution in [0.3, 0.4) is 0 Å². The predicted octanol–water partition coefficient (Wildman–Crippen LogP) is 2.64. The van der Waals surface area contributed by atoms with Crippen LogP contribution in [0.2, 0.25) is 5.15 Å². The molecular weight excluding hydrogens is 260 g/mol. The van der Waals surface area contributed by atoms with Crippen molar-refractivity contribution in [3.63, 3.8) is 0 Å². The second-order valence-electron chi connectivity index (χ2n) is 5.97. The van der Waals surface area contributed by atoms with Crippen LogP contribution in [0.25, 0.3) is 0 Å². The maximum absolute atomic E-state index is 6.25. The van der Waals surface area contributed by atoms with Gasteiger partial charge >= 0.3 is 0 Å². The van der Waals surface area contributed by atoms with Crippen LogP contribution in [0.1, 0.15) is 32.3 Å². The Morgan fingerprint density at radius 2 is 2.00 bits per heavy atom. The van der Waals surface area contributed by atoms with Gasteiger partial charge in [-0.15, -0.1) is 0 Å². The Hall–Kier alpha value is -0.870. The van der Waals surface area contributed by atoms with Crippen molar-refractivity contribution < 1.29 is 0 Å². The van der Waals surface area contributed by atoms with E-state index in [1.807, 2.05) is 0 Å². The van der Waals surface area contributed by atoms with Crippen molar-refractivity contribution in [2.45, 2.75) is 32.7 Å². The third-order valence-corrected chi connectivity index (χ3v) is 4.23. The lowest BCUT2D eigenvalue weighted by Gasteiger charge is -2.24. The van der Waals surface area contributed by atoms with Crippen molar-refractivity contribution in [3.8, 4) is 0 Å². The van der Waals surface area contributed by atoms with E-state index in [2.05, 4.69) is 54.6 Å². The number of halogens is 1. The van der Waals surface area contributed by atoms with Gasteiger partial charge in [0, 0.05) is 24.7 Å². The van der Waals surface area contributed by atoms with Crippen molar-refractivity contribution >= 4 is 17.4 Å². The van der Waals surface area contributed by atoms with E-state index in [1.54, 1.807) is 6.33 Å². The molecular formula is C14H23ClN4. The summed E-state index contributed by atoms with van der Waals surface area (Å²) in [4.78, 5) is 13.2. The van der Waals surface area contributed by atoms with Crippen molar-refractivity contribution in [2.24, 2.45) is 5.92 Å². The van der Waals surface area contributed by atoms with Gasteiger partial charge in [-0.2, -0.15) is 0 Å². The molecule has 0 bridgehead atoms. The summed E-state index contributed by atoms with van der Waals surface area (Å²) in [6, 6.07) is 0.564. The summed E-state index contributed by atoms with van der Waals surface area (Å²) in [5.41, 5.74) is 1.07. The van der Waals surface area contributed by atoms with Gasteiger partial charge in [-0.05, 0) is 25.9 Å². The zero-order chi connectivity index (χ0) is 14.2. The minimum atomic E-state index is 0.331. The Kier molecular flexibility index (Phi) is 4.31. The van der Waals surface area contributed by atoms with Crippen molar-refractivity contribution in [2.75, 3.05) is 32.1 Å². The number of hydrogen-bond donors (Lipinski definition) is 0. The van der Waals surface area contributed by atoms with Gasteiger partial charge in [0.05, 0.1) is 0 Å². The molecule has 0 saturated carbocycles. The fraction of sp³-hybridized carbons (Fsp3) is 0.714. The molecule has 1 aromatic rings. The van der Waals surface area contributed by atoms with Crippen LogP contribution in [0.5, 0.6) is 0 Å². The predicted molar refractivity (Wildman–Crippen MR) is 80.0 cm³/mol. The van der Waals surface area contributed by atoms with E-state index >= 15 is 0 Å². The van der Waals surface area contributed by atoms with Gasteiger partial charge in [-0.25, -0.2) is 9.97 Å². The summed E-state index contributed by atoms with van der Waals surface area (Å²) in [7, 11) is 4.28. The zero-order valence-corrected chi connectivity index (χ0v) is 13.1. The minimum absolute atomic E-state index is 0.331. The maximum Gasteiger partial charge on any atom is 0.138 e. The highest BCUT2D eigenvalue weighted by molar-refractivity contribution is 6.30. The van der Waals surface area contributed by atoms with Crippen LogP contribution in [-0.2, 0) is 0 Å². The summed E-state index contributed by atoms with van der Waals surface area (Å²) in [5, 5.41) is 0.584. The Morgan fingerprint density at radius 3 is 2.53 bits per heavy atom. The summed E-state index contributed by atoms with van der Waals surface area (Å²) < 4.78 is 0. The van der Waals surface area contributed by atoms with Crippen molar-refractivity contribution in [1.82, 2.24) is 14.9 Å². The van der Waals surface area contributed by atoms with Crippen molar-refractivity contribution in [1.29, 1.82) is 0 Å². The molecule has 1 aromatic heterocycles. The smallest absolute Gasteiger partial charge is 0.138 e. The Labute approximate surface area is 120 Å². The fourth-order valence-electron chi connectivity index (χ4n) is 2.91. The van der Waals surface area contributed by atoms with E-state index in [4.69, 9.17) is 11.6 Å². The van der Waals surface area contributed by atoms with Crippen LogP contribution in [0.4, 0.5) is 5.82 Å². The third-order valence-electron chi connectivity index (χ3n) is 3.93. The average Bonchev–Trinajstić information content (AvgIpc) is 2.70. The van der Waals surface area contributed by atoms with Crippen LogP contribution in [0.15, 0.2) is 6.33 Å². The van der Waals surface area contributed by atoms with Crippen LogP contribution in [0, 0.1) is 5.92 Å². The second kappa shape index (κ2) is 5.63. The lowest BCUT2D eigenvalue weighted by molar-refractivity contribution is 0.266. The summed E-state index contributed by atoms with van der Waals surface area (Å²) in [5.74, 6) is 1.97. The van der Waals surface area contributed by atoms with Gasteiger partial charge < -0.3 is 9.80 Å². The number of hydrogen-bond acceptors (Lipinski definition) is 4. The zero-order valence-electron chi connectivity index (χ0n) is 12.4. The standard InChI is InChI=1S/C14H23ClN4/c1-9(2)12-13(15)16-8-17-14(12)19-6-10(3)11(7-19)18(4)5/h8-11H,6-7H2,1-5H3. The first-order valence-corrected chi connectivity index (χ1v) is 7.21. The first-order chi connectivity index (χ1) is 8.91. The van der Waals surface area contributed by atoms with Crippen LogP contribution >= 0.6 is 11.6 Å². The molecule has 0 N–H and O–H groups in total. The molecule has 0 radical (unpaired) electrons. The molecule has 2 atom stereocenters. The van der Waals surface area contributed by atoms with Gasteiger partial charge in [0.25, 0.3) is 0 Å². The van der Waals surface area contributed by atoms with E-state index in [-0.39, 0.29) is 0 Å². The van der Waals surface area contributed by atoms with Crippen LogP contribution < -0.4 is 4.90 Å². The second-order valence-corrected chi connectivity index (χ2v) is 6.33. The summed E-state index contributed by atoms with van der Waals surface area (Å²) >= 11 is 6.25. The molecule has 2 rings (SSSR count). The topological polar surface area (TPSA) is 32.3 Å². The molecule has 4 nitrogen and oxygen atoms in total. The lowest BCUT2D eigenvalue weighted by Crippen LogP contribution is -2.34. The maximum atomic E-state index is 6.25. The van der Waals surface area contributed by atoms with E-state index in [0.29, 0.717) is 23.0 Å². The average molecular weight is 283 g/mol. The Morgan fingerprint density at radius 1 is 1.32 bits per heavy atom. The first-order valence-electron chi connectivity index (χ1n) is 6.83. The number of rotatable bonds is 3. The largest absolute Gasteiger partial charge is 0.354 e. The van der Waals surface area contributed by atoms with E-state index in [1.165, 1.54) is 0 Å². The SMILES string of the molecule is CC(C)c1c(Cl)ncnc1N1CC(C)C(N(C)C)C1. The highest BCUT2D eigenvalue weighted by Crippen LogP contribution is 2.33. The molecule has 19 heavy (non-hydrogen) atoms. The van der Waals surface area contributed by atoms with Gasteiger partial charge in [0.2, 0.25) is 0 Å². The molecule has 1 aliphatic rings. The first kappa shape index (κ1) is 14.5. The lowest BCUT2D eigenvalue weighted by atomic mass is 10.1. The number of nitrogens with zero attached hydrogens (tertiary/aromatic N) is 4. The van der Waals surface area contributed by atoms with Gasteiger partial charge in [-0.1, -0.05) is 32.4 Å². The van der Waals surface area contributed by atoms with Crippen molar-refractivity contribution in [3.05, 3.63) is 17.0 Å². The molecule has 1 fully saturated rings. The molecule has 106 valence electrons. The minimum Gasteiger partial charge on any atom is -0.354 e. The fourth-order valence-corrected chi connectivity index (χ4v) is 3.26. The molecule has 0 amide bonds.